The number of hydrogen-bond donors (Lipinski definition) is 1. The highest BCUT2D eigenvalue weighted by atomic mass is 35.5. The summed E-state index contributed by atoms with van der Waals surface area (Å²) in [5.41, 5.74) is 1.66. The van der Waals surface area contributed by atoms with E-state index in [2.05, 4.69) is 31.0 Å². The lowest BCUT2D eigenvalue weighted by Crippen LogP contribution is -2.36. The molecule has 5 nitrogen and oxygen atoms in total. The van der Waals surface area contributed by atoms with Crippen molar-refractivity contribution in [2.24, 2.45) is 5.92 Å². The number of para-hydroxylation sites is 1. The van der Waals surface area contributed by atoms with E-state index in [0.29, 0.717) is 29.7 Å². The second kappa shape index (κ2) is 10.6. The predicted molar refractivity (Wildman–Crippen MR) is 130 cm³/mol. The third-order valence-corrected chi connectivity index (χ3v) is 5.54. The zero-order chi connectivity index (χ0) is 22.4. The number of halogens is 1. The molecule has 0 aliphatic rings. The number of fused-ring (bicyclic) bond motifs is 1. The number of benzene rings is 2. The fraction of sp³-hybridized carbons (Fsp3) is 0.400. The summed E-state index contributed by atoms with van der Waals surface area (Å²) in [5, 5.41) is 4.65. The van der Waals surface area contributed by atoms with Gasteiger partial charge >= 0.3 is 0 Å². The fourth-order valence-corrected chi connectivity index (χ4v) is 3.69. The average molecular weight is 439 g/mol. The number of aromatic nitrogens is 2. The topological polar surface area (TPSA) is 58.1 Å². The average Bonchev–Trinajstić information content (AvgIpc) is 2.76. The Morgan fingerprint density at radius 1 is 1.06 bits per heavy atom. The summed E-state index contributed by atoms with van der Waals surface area (Å²) in [5.74, 6) is 1.91. The van der Waals surface area contributed by atoms with Gasteiger partial charge in [-0.05, 0) is 43.5 Å². The van der Waals surface area contributed by atoms with Crippen molar-refractivity contribution in [2.75, 3.05) is 18.0 Å². The van der Waals surface area contributed by atoms with E-state index in [9.17, 15) is 4.79 Å². The third kappa shape index (κ3) is 5.95. The van der Waals surface area contributed by atoms with Gasteiger partial charge in [0.15, 0.2) is 5.82 Å². The number of carbonyl (C=O) groups excluding carboxylic acids is 1. The molecule has 164 valence electrons. The molecule has 0 aliphatic carbocycles. The van der Waals surface area contributed by atoms with Gasteiger partial charge in [0.1, 0.15) is 5.82 Å². The number of anilines is 1. The van der Waals surface area contributed by atoms with Crippen LogP contribution in [-0.2, 0) is 4.79 Å². The molecule has 3 aromatic rings. The van der Waals surface area contributed by atoms with E-state index < -0.39 is 0 Å². The van der Waals surface area contributed by atoms with Crippen molar-refractivity contribution in [3.8, 4) is 11.4 Å². The molecule has 31 heavy (non-hydrogen) atoms. The zero-order valence-corrected chi connectivity index (χ0v) is 19.5. The van der Waals surface area contributed by atoms with E-state index >= 15 is 0 Å². The molecule has 2 aromatic carbocycles. The van der Waals surface area contributed by atoms with Crippen molar-refractivity contribution in [1.29, 1.82) is 0 Å². The second-order valence-corrected chi connectivity index (χ2v) is 8.74. The molecule has 0 radical (unpaired) electrons. The molecule has 0 aliphatic heterocycles. The number of amides is 1. The predicted octanol–water partition coefficient (Wildman–Crippen LogP) is 5.72. The van der Waals surface area contributed by atoms with E-state index in [1.54, 1.807) is 0 Å². The van der Waals surface area contributed by atoms with E-state index in [0.717, 1.165) is 35.2 Å². The van der Waals surface area contributed by atoms with Gasteiger partial charge in [-0.1, -0.05) is 56.6 Å². The largest absolute Gasteiger partial charge is 0.355 e. The van der Waals surface area contributed by atoms with E-state index in [1.165, 1.54) is 0 Å². The Hall–Kier alpha value is -2.66. The van der Waals surface area contributed by atoms with Crippen LogP contribution in [0.5, 0.6) is 0 Å². The van der Waals surface area contributed by atoms with Gasteiger partial charge < -0.3 is 10.2 Å². The van der Waals surface area contributed by atoms with Crippen LogP contribution in [0.3, 0.4) is 0 Å². The summed E-state index contributed by atoms with van der Waals surface area (Å²) in [6.45, 7) is 9.81. The molecule has 1 unspecified atom stereocenters. The molecule has 1 heterocycles. The Labute approximate surface area is 189 Å². The first-order valence-electron chi connectivity index (χ1n) is 10.9. The van der Waals surface area contributed by atoms with Crippen LogP contribution in [0.2, 0.25) is 5.02 Å². The molecular weight excluding hydrogens is 408 g/mol. The van der Waals surface area contributed by atoms with Gasteiger partial charge in [0.25, 0.3) is 0 Å². The van der Waals surface area contributed by atoms with Crippen LogP contribution in [0.15, 0.2) is 48.5 Å². The van der Waals surface area contributed by atoms with E-state index in [4.69, 9.17) is 21.6 Å². The smallest absolute Gasteiger partial charge is 0.221 e. The molecule has 0 saturated heterocycles. The molecule has 1 N–H and O–H groups in total. The van der Waals surface area contributed by atoms with Gasteiger partial charge in [-0.3, -0.25) is 4.79 Å². The van der Waals surface area contributed by atoms with Crippen LogP contribution in [-0.4, -0.2) is 35.0 Å². The number of nitrogens with zero attached hydrogens (tertiary/aromatic N) is 3. The lowest BCUT2D eigenvalue weighted by Gasteiger charge is -2.27. The van der Waals surface area contributed by atoms with Gasteiger partial charge in [-0.15, -0.1) is 0 Å². The highest BCUT2D eigenvalue weighted by Crippen LogP contribution is 2.31. The van der Waals surface area contributed by atoms with Gasteiger partial charge in [-0.2, -0.15) is 0 Å². The Bertz CT molecular complexity index is 1040. The van der Waals surface area contributed by atoms with E-state index in [1.807, 2.05) is 55.5 Å². The van der Waals surface area contributed by atoms with Crippen molar-refractivity contribution < 1.29 is 4.79 Å². The molecule has 0 bridgehead atoms. The molecular formula is C25H31ClN4O. The number of rotatable bonds is 9. The van der Waals surface area contributed by atoms with Crippen molar-refractivity contribution in [2.45, 2.75) is 46.6 Å². The molecule has 3 rings (SSSR count). The van der Waals surface area contributed by atoms with Crippen molar-refractivity contribution in [3.63, 3.8) is 0 Å². The Morgan fingerprint density at radius 3 is 2.48 bits per heavy atom. The lowest BCUT2D eigenvalue weighted by molar-refractivity contribution is -0.121. The SMILES string of the molecule is CCC(C)NC(=O)CCN(CC(C)C)c1nc(-c2ccccc2Cl)nc2ccccc12. The summed E-state index contributed by atoms with van der Waals surface area (Å²) in [7, 11) is 0. The first kappa shape index (κ1) is 23.0. The summed E-state index contributed by atoms with van der Waals surface area (Å²) >= 11 is 6.44. The molecule has 0 saturated carbocycles. The Balaban J connectivity index is 2.01. The monoisotopic (exact) mass is 438 g/mol. The number of nitrogens with one attached hydrogen (secondary N) is 1. The summed E-state index contributed by atoms with van der Waals surface area (Å²) < 4.78 is 0. The van der Waals surface area contributed by atoms with Gasteiger partial charge in [0.05, 0.1) is 10.5 Å². The molecule has 1 amide bonds. The standard InChI is InChI=1S/C25H31ClN4O/c1-5-18(4)27-23(31)14-15-30(16-17(2)3)25-20-11-7-9-13-22(20)28-24(29-25)19-10-6-8-12-21(19)26/h6-13,17-18H,5,14-16H2,1-4H3,(H,27,31). The maximum Gasteiger partial charge on any atom is 0.221 e. The quantitative estimate of drug-likeness (QED) is 0.464. The molecule has 0 spiro atoms. The maximum atomic E-state index is 12.4. The lowest BCUT2D eigenvalue weighted by atomic mass is 10.1. The van der Waals surface area contributed by atoms with Gasteiger partial charge in [0, 0.05) is 36.5 Å². The molecule has 0 fully saturated rings. The summed E-state index contributed by atoms with van der Waals surface area (Å²) in [6, 6.07) is 15.8. The number of hydrogen-bond acceptors (Lipinski definition) is 4. The molecule has 6 heteroatoms. The molecule has 1 aromatic heterocycles. The highest BCUT2D eigenvalue weighted by molar-refractivity contribution is 6.33. The first-order chi connectivity index (χ1) is 14.9. The Kier molecular flexibility index (Phi) is 7.85. The van der Waals surface area contributed by atoms with Crippen LogP contribution in [0.25, 0.3) is 22.3 Å². The second-order valence-electron chi connectivity index (χ2n) is 8.33. The van der Waals surface area contributed by atoms with Gasteiger partial charge in [-0.25, -0.2) is 9.97 Å². The van der Waals surface area contributed by atoms with Gasteiger partial charge in [0.2, 0.25) is 5.91 Å². The molecule has 1 atom stereocenters. The van der Waals surface area contributed by atoms with E-state index in [-0.39, 0.29) is 11.9 Å². The zero-order valence-electron chi connectivity index (χ0n) is 18.7. The minimum absolute atomic E-state index is 0.0628. The minimum Gasteiger partial charge on any atom is -0.355 e. The number of carbonyl (C=O) groups is 1. The van der Waals surface area contributed by atoms with Crippen LogP contribution < -0.4 is 10.2 Å². The third-order valence-electron chi connectivity index (χ3n) is 5.21. The fourth-order valence-electron chi connectivity index (χ4n) is 3.47. The Morgan fingerprint density at radius 2 is 1.77 bits per heavy atom. The summed E-state index contributed by atoms with van der Waals surface area (Å²) in [4.78, 5) is 24.4. The highest BCUT2D eigenvalue weighted by Gasteiger charge is 2.19. The van der Waals surface area contributed by atoms with Crippen LogP contribution >= 0.6 is 11.6 Å². The maximum absolute atomic E-state index is 12.4. The minimum atomic E-state index is 0.0628. The first-order valence-corrected chi connectivity index (χ1v) is 11.3. The summed E-state index contributed by atoms with van der Waals surface area (Å²) in [6.07, 6.45) is 1.33. The van der Waals surface area contributed by atoms with Crippen LogP contribution in [0.1, 0.15) is 40.5 Å². The van der Waals surface area contributed by atoms with Crippen molar-refractivity contribution in [1.82, 2.24) is 15.3 Å². The van der Waals surface area contributed by atoms with Crippen molar-refractivity contribution in [3.05, 3.63) is 53.6 Å². The van der Waals surface area contributed by atoms with Crippen molar-refractivity contribution >= 4 is 34.2 Å². The normalized spacial score (nSPS) is 12.2. The van der Waals surface area contributed by atoms with Crippen LogP contribution in [0.4, 0.5) is 5.82 Å². The van der Waals surface area contributed by atoms with Crippen LogP contribution in [0, 0.1) is 5.92 Å².